The molecule has 0 saturated heterocycles. The highest BCUT2D eigenvalue weighted by Crippen LogP contribution is 2.33. The van der Waals surface area contributed by atoms with Crippen molar-refractivity contribution in [3.05, 3.63) is 23.3 Å². The first-order valence-corrected chi connectivity index (χ1v) is 5.19. The maximum atomic E-state index is 5.54. The van der Waals surface area contributed by atoms with E-state index in [0.29, 0.717) is 13.2 Å². The predicted octanol–water partition coefficient (Wildman–Crippen LogP) is 1.35. The number of rotatable bonds is 6. The monoisotopic (exact) mass is 225 g/mol. The van der Waals surface area contributed by atoms with Crippen LogP contribution in [-0.2, 0) is 17.8 Å². The van der Waals surface area contributed by atoms with Gasteiger partial charge in [0, 0.05) is 12.7 Å². The molecular weight excluding hydrogens is 206 g/mol. The van der Waals surface area contributed by atoms with Gasteiger partial charge in [-0.05, 0) is 30.7 Å². The second-order valence-electron chi connectivity index (χ2n) is 3.46. The van der Waals surface area contributed by atoms with Crippen molar-refractivity contribution < 1.29 is 14.2 Å². The smallest absolute Gasteiger partial charge is 0.166 e. The van der Waals surface area contributed by atoms with Gasteiger partial charge in [-0.25, -0.2) is 0 Å². The van der Waals surface area contributed by atoms with E-state index in [4.69, 9.17) is 19.9 Å². The van der Waals surface area contributed by atoms with Crippen LogP contribution in [0.25, 0.3) is 0 Å². The van der Waals surface area contributed by atoms with E-state index in [2.05, 4.69) is 0 Å². The molecule has 1 aromatic carbocycles. The summed E-state index contributed by atoms with van der Waals surface area (Å²) in [6, 6.07) is 3.99. The Balaban J connectivity index is 3.14. The molecule has 2 N–H and O–H groups in total. The molecule has 0 amide bonds. The third-order valence-corrected chi connectivity index (χ3v) is 2.35. The zero-order chi connectivity index (χ0) is 12.0. The molecule has 0 atom stereocenters. The Morgan fingerprint density at radius 1 is 1.12 bits per heavy atom. The van der Waals surface area contributed by atoms with E-state index in [1.807, 2.05) is 12.1 Å². The van der Waals surface area contributed by atoms with E-state index in [0.717, 1.165) is 29.0 Å². The second-order valence-corrected chi connectivity index (χ2v) is 3.46. The molecule has 1 aromatic rings. The van der Waals surface area contributed by atoms with Gasteiger partial charge >= 0.3 is 0 Å². The molecule has 4 heteroatoms. The third-order valence-electron chi connectivity index (χ3n) is 2.35. The molecule has 0 spiro atoms. The summed E-state index contributed by atoms with van der Waals surface area (Å²) in [5.41, 5.74) is 7.65. The molecule has 0 unspecified atom stereocenters. The SMILES string of the molecule is COCc1cc(CCN)cc(OC)c1OC. The molecule has 0 aliphatic heterocycles. The van der Waals surface area contributed by atoms with Crippen LogP contribution < -0.4 is 15.2 Å². The Hall–Kier alpha value is -1.26. The van der Waals surface area contributed by atoms with Crippen molar-refractivity contribution in [2.45, 2.75) is 13.0 Å². The highest BCUT2D eigenvalue weighted by atomic mass is 16.5. The summed E-state index contributed by atoms with van der Waals surface area (Å²) in [5, 5.41) is 0. The van der Waals surface area contributed by atoms with Crippen molar-refractivity contribution in [3.63, 3.8) is 0 Å². The van der Waals surface area contributed by atoms with Gasteiger partial charge in [0.25, 0.3) is 0 Å². The van der Waals surface area contributed by atoms with Crippen LogP contribution in [-0.4, -0.2) is 27.9 Å². The Kier molecular flexibility index (Phi) is 5.08. The van der Waals surface area contributed by atoms with Crippen molar-refractivity contribution in [2.75, 3.05) is 27.9 Å². The highest BCUT2D eigenvalue weighted by Gasteiger charge is 2.11. The van der Waals surface area contributed by atoms with E-state index in [1.165, 1.54) is 0 Å². The minimum Gasteiger partial charge on any atom is -0.493 e. The van der Waals surface area contributed by atoms with Crippen LogP contribution in [0.4, 0.5) is 0 Å². The number of nitrogens with two attached hydrogens (primary N) is 1. The van der Waals surface area contributed by atoms with Gasteiger partial charge in [0.2, 0.25) is 0 Å². The number of benzene rings is 1. The van der Waals surface area contributed by atoms with Crippen molar-refractivity contribution >= 4 is 0 Å². The zero-order valence-corrected chi connectivity index (χ0v) is 10.1. The second kappa shape index (κ2) is 6.35. The third kappa shape index (κ3) is 2.87. The molecule has 0 bridgehead atoms. The lowest BCUT2D eigenvalue weighted by atomic mass is 10.1. The quantitative estimate of drug-likeness (QED) is 0.794. The summed E-state index contributed by atoms with van der Waals surface area (Å²) in [6.07, 6.45) is 0.817. The van der Waals surface area contributed by atoms with Crippen LogP contribution in [0.1, 0.15) is 11.1 Å². The number of ether oxygens (including phenoxy) is 3. The van der Waals surface area contributed by atoms with Crippen LogP contribution in [0.2, 0.25) is 0 Å². The largest absolute Gasteiger partial charge is 0.493 e. The van der Waals surface area contributed by atoms with Crippen molar-refractivity contribution in [2.24, 2.45) is 5.73 Å². The Morgan fingerprint density at radius 2 is 1.88 bits per heavy atom. The fraction of sp³-hybridized carbons (Fsp3) is 0.500. The number of hydrogen-bond donors (Lipinski definition) is 1. The van der Waals surface area contributed by atoms with Gasteiger partial charge in [-0.2, -0.15) is 0 Å². The maximum absolute atomic E-state index is 5.54. The molecule has 1 rings (SSSR count). The topological polar surface area (TPSA) is 53.7 Å². The van der Waals surface area contributed by atoms with E-state index in [1.54, 1.807) is 21.3 Å². The standard InChI is InChI=1S/C12H19NO3/c1-14-8-10-6-9(4-5-13)7-11(15-2)12(10)16-3/h6-7H,4-5,8,13H2,1-3H3. The van der Waals surface area contributed by atoms with E-state index in [9.17, 15) is 0 Å². The number of methoxy groups -OCH3 is 3. The van der Waals surface area contributed by atoms with Gasteiger partial charge in [-0.3, -0.25) is 0 Å². The normalized spacial score (nSPS) is 10.2. The van der Waals surface area contributed by atoms with Crippen LogP contribution in [0.5, 0.6) is 11.5 Å². The molecule has 0 radical (unpaired) electrons. The van der Waals surface area contributed by atoms with Crippen LogP contribution in [0.15, 0.2) is 12.1 Å². The number of hydrogen-bond acceptors (Lipinski definition) is 4. The minimum atomic E-state index is 0.498. The molecule has 0 saturated carbocycles. The van der Waals surface area contributed by atoms with E-state index < -0.39 is 0 Å². The lowest BCUT2D eigenvalue weighted by molar-refractivity contribution is 0.180. The summed E-state index contributed by atoms with van der Waals surface area (Å²) >= 11 is 0. The highest BCUT2D eigenvalue weighted by molar-refractivity contribution is 5.49. The summed E-state index contributed by atoms with van der Waals surface area (Å²) in [4.78, 5) is 0. The minimum absolute atomic E-state index is 0.498. The van der Waals surface area contributed by atoms with Crippen LogP contribution in [0.3, 0.4) is 0 Å². The fourth-order valence-corrected chi connectivity index (χ4v) is 1.68. The Morgan fingerprint density at radius 3 is 2.38 bits per heavy atom. The van der Waals surface area contributed by atoms with Gasteiger partial charge in [-0.15, -0.1) is 0 Å². The summed E-state index contributed by atoms with van der Waals surface area (Å²) in [7, 11) is 4.90. The average Bonchev–Trinajstić information content (AvgIpc) is 2.29. The van der Waals surface area contributed by atoms with Crippen molar-refractivity contribution in [3.8, 4) is 11.5 Å². The molecule has 4 nitrogen and oxygen atoms in total. The molecule has 16 heavy (non-hydrogen) atoms. The average molecular weight is 225 g/mol. The molecule has 0 aliphatic rings. The Labute approximate surface area is 96.3 Å². The zero-order valence-electron chi connectivity index (χ0n) is 10.1. The Bertz CT molecular complexity index is 339. The summed E-state index contributed by atoms with van der Waals surface area (Å²) < 4.78 is 15.7. The van der Waals surface area contributed by atoms with Gasteiger partial charge < -0.3 is 19.9 Å². The van der Waals surface area contributed by atoms with Gasteiger partial charge in [0.1, 0.15) is 0 Å². The van der Waals surface area contributed by atoms with Crippen molar-refractivity contribution in [1.29, 1.82) is 0 Å². The maximum Gasteiger partial charge on any atom is 0.166 e. The molecule has 0 aromatic heterocycles. The molecule has 90 valence electrons. The first-order valence-electron chi connectivity index (χ1n) is 5.19. The van der Waals surface area contributed by atoms with Gasteiger partial charge in [-0.1, -0.05) is 0 Å². The molecule has 0 aliphatic carbocycles. The molecule has 0 heterocycles. The first kappa shape index (κ1) is 12.8. The molecular formula is C12H19NO3. The first-order chi connectivity index (χ1) is 7.76. The van der Waals surface area contributed by atoms with Gasteiger partial charge in [0.05, 0.1) is 20.8 Å². The van der Waals surface area contributed by atoms with Crippen molar-refractivity contribution in [1.82, 2.24) is 0 Å². The van der Waals surface area contributed by atoms with E-state index in [-0.39, 0.29) is 0 Å². The lowest BCUT2D eigenvalue weighted by Gasteiger charge is -2.14. The van der Waals surface area contributed by atoms with E-state index >= 15 is 0 Å². The fourth-order valence-electron chi connectivity index (χ4n) is 1.68. The summed E-state index contributed by atoms with van der Waals surface area (Å²) in [6.45, 7) is 1.11. The molecule has 0 fully saturated rings. The predicted molar refractivity (Wildman–Crippen MR) is 63.0 cm³/mol. The lowest BCUT2D eigenvalue weighted by Crippen LogP contribution is -2.05. The van der Waals surface area contributed by atoms with Crippen LogP contribution >= 0.6 is 0 Å². The summed E-state index contributed by atoms with van der Waals surface area (Å²) in [5.74, 6) is 1.45. The van der Waals surface area contributed by atoms with Crippen LogP contribution in [0, 0.1) is 0 Å². The van der Waals surface area contributed by atoms with Gasteiger partial charge in [0.15, 0.2) is 11.5 Å².